The van der Waals surface area contributed by atoms with Crippen molar-refractivity contribution in [1.29, 1.82) is 0 Å². The molecule has 0 atom stereocenters. The van der Waals surface area contributed by atoms with E-state index in [1.807, 2.05) is 6.07 Å². The van der Waals surface area contributed by atoms with Gasteiger partial charge >= 0.3 is 0 Å². The Kier molecular flexibility index (Phi) is 4.24. The van der Waals surface area contributed by atoms with Crippen LogP contribution in [0.2, 0.25) is 0 Å². The minimum absolute atomic E-state index is 0.417. The van der Waals surface area contributed by atoms with E-state index in [-0.39, 0.29) is 0 Å². The Balaban J connectivity index is 3.38. The Bertz CT molecular complexity index is 352. The number of rotatable bonds is 2. The minimum Gasteiger partial charge on any atom is -0.495 e. The molecular weight excluding hydrogens is 417 g/mol. The number of methoxy groups -OCH3 is 1. The van der Waals surface area contributed by atoms with Gasteiger partial charge < -0.3 is 4.74 Å². The molecule has 0 unspecified atom stereocenters. The molecule has 0 radical (unpaired) electrons. The Morgan fingerprint density at radius 3 is 2.54 bits per heavy atom. The van der Waals surface area contributed by atoms with Crippen LogP contribution in [0, 0.1) is 7.14 Å². The average Bonchev–Trinajstić information content (AvgIpc) is 2.02. The second-order valence-electron chi connectivity index (χ2n) is 2.24. The van der Waals surface area contributed by atoms with Crippen LogP contribution in [0.15, 0.2) is 12.1 Å². The molecule has 0 amide bonds. The summed E-state index contributed by atoms with van der Waals surface area (Å²) in [5.74, 6) is 0.543. The zero-order valence-corrected chi connectivity index (χ0v) is 11.7. The van der Waals surface area contributed by atoms with Gasteiger partial charge in [-0.05, 0) is 68.9 Å². The largest absolute Gasteiger partial charge is 0.495 e. The number of benzene rings is 1. The fourth-order valence-corrected chi connectivity index (χ4v) is 3.12. The highest BCUT2D eigenvalue weighted by Crippen LogP contribution is 2.28. The maximum atomic E-state index is 11.0. The van der Waals surface area contributed by atoms with E-state index in [4.69, 9.17) is 16.3 Å². The van der Waals surface area contributed by atoms with E-state index in [0.717, 1.165) is 7.14 Å². The van der Waals surface area contributed by atoms with Crippen molar-refractivity contribution in [2.75, 3.05) is 7.11 Å². The van der Waals surface area contributed by atoms with Gasteiger partial charge in [0, 0.05) is 3.57 Å². The molecule has 1 aromatic carbocycles. The molecule has 0 saturated heterocycles. The summed E-state index contributed by atoms with van der Waals surface area (Å²) in [4.78, 5) is 11.0. The van der Waals surface area contributed by atoms with Crippen LogP contribution in [0.4, 0.5) is 0 Å². The predicted molar refractivity (Wildman–Crippen MR) is 68.6 cm³/mol. The van der Waals surface area contributed by atoms with Gasteiger partial charge in [-0.15, -0.1) is 0 Å². The lowest BCUT2D eigenvalue weighted by Crippen LogP contribution is -1.98. The zero-order valence-electron chi connectivity index (χ0n) is 6.61. The van der Waals surface area contributed by atoms with Crippen LogP contribution >= 0.6 is 56.8 Å². The van der Waals surface area contributed by atoms with E-state index < -0.39 is 5.24 Å². The molecule has 5 heteroatoms. The molecule has 0 fully saturated rings. The molecular formula is C8H5ClI2O2. The van der Waals surface area contributed by atoms with Gasteiger partial charge in [-0.1, -0.05) is 0 Å². The van der Waals surface area contributed by atoms with Crippen molar-refractivity contribution in [3.63, 3.8) is 0 Å². The van der Waals surface area contributed by atoms with Crippen LogP contribution in [0.1, 0.15) is 10.4 Å². The van der Waals surface area contributed by atoms with Crippen molar-refractivity contribution >= 4 is 62.0 Å². The third-order valence-corrected chi connectivity index (χ3v) is 3.05. The van der Waals surface area contributed by atoms with Crippen molar-refractivity contribution in [3.05, 3.63) is 24.8 Å². The first-order valence-electron chi connectivity index (χ1n) is 3.29. The van der Waals surface area contributed by atoms with E-state index in [2.05, 4.69) is 45.2 Å². The molecule has 2 nitrogen and oxygen atoms in total. The molecule has 0 aromatic heterocycles. The molecule has 0 aliphatic rings. The topological polar surface area (TPSA) is 26.3 Å². The first-order chi connectivity index (χ1) is 6.06. The van der Waals surface area contributed by atoms with E-state index >= 15 is 0 Å². The van der Waals surface area contributed by atoms with Gasteiger partial charge in [-0.25, -0.2) is 0 Å². The summed E-state index contributed by atoms with van der Waals surface area (Å²) in [7, 11) is 1.52. The lowest BCUT2D eigenvalue weighted by Gasteiger charge is -2.07. The molecule has 0 aliphatic carbocycles. The summed E-state index contributed by atoms with van der Waals surface area (Å²) in [6, 6.07) is 3.63. The molecule has 0 heterocycles. The Labute approximate surface area is 108 Å². The smallest absolute Gasteiger partial charge is 0.256 e. The summed E-state index contributed by atoms with van der Waals surface area (Å²) in [5.41, 5.74) is 0.417. The second-order valence-corrected chi connectivity index (χ2v) is 4.99. The van der Waals surface area contributed by atoms with Crippen molar-refractivity contribution in [3.8, 4) is 5.75 Å². The minimum atomic E-state index is -0.492. The third kappa shape index (κ3) is 2.69. The molecule has 1 aromatic rings. The van der Waals surface area contributed by atoms with Gasteiger partial charge in [0.15, 0.2) is 0 Å². The SMILES string of the molecule is COc1c(I)cc(I)cc1C(=O)Cl. The number of hydrogen-bond acceptors (Lipinski definition) is 2. The van der Waals surface area contributed by atoms with Crippen LogP contribution in [-0.2, 0) is 0 Å². The van der Waals surface area contributed by atoms with Gasteiger partial charge in [0.05, 0.1) is 16.2 Å². The Hall–Kier alpha value is 0.440. The van der Waals surface area contributed by atoms with E-state index in [1.165, 1.54) is 7.11 Å². The number of carbonyl (C=O) groups excluding carboxylic acids is 1. The first-order valence-corrected chi connectivity index (χ1v) is 5.82. The molecule has 13 heavy (non-hydrogen) atoms. The van der Waals surface area contributed by atoms with Gasteiger partial charge in [0.1, 0.15) is 5.75 Å². The quantitative estimate of drug-likeness (QED) is 0.540. The average molecular weight is 422 g/mol. The van der Waals surface area contributed by atoms with Crippen molar-refractivity contribution in [1.82, 2.24) is 0 Å². The maximum Gasteiger partial charge on any atom is 0.256 e. The van der Waals surface area contributed by atoms with E-state index in [1.54, 1.807) is 6.07 Å². The summed E-state index contributed by atoms with van der Waals surface area (Å²) in [6.45, 7) is 0. The highest BCUT2D eigenvalue weighted by molar-refractivity contribution is 14.1. The summed E-state index contributed by atoms with van der Waals surface area (Å²) >= 11 is 9.64. The fraction of sp³-hybridized carbons (Fsp3) is 0.125. The van der Waals surface area contributed by atoms with Crippen LogP contribution in [-0.4, -0.2) is 12.4 Å². The molecule has 0 bridgehead atoms. The van der Waals surface area contributed by atoms with E-state index in [9.17, 15) is 4.79 Å². The van der Waals surface area contributed by atoms with Gasteiger partial charge in [-0.2, -0.15) is 0 Å². The molecule has 1 rings (SSSR count). The number of carbonyl (C=O) groups is 1. The summed E-state index contributed by atoms with van der Waals surface area (Å²) < 4.78 is 6.93. The lowest BCUT2D eigenvalue weighted by atomic mass is 10.2. The first kappa shape index (κ1) is 11.5. The van der Waals surface area contributed by atoms with Crippen LogP contribution in [0.25, 0.3) is 0 Å². The fourth-order valence-electron chi connectivity index (χ4n) is 0.914. The monoisotopic (exact) mass is 422 g/mol. The van der Waals surface area contributed by atoms with Gasteiger partial charge in [0.25, 0.3) is 5.24 Å². The van der Waals surface area contributed by atoms with Crippen molar-refractivity contribution in [2.24, 2.45) is 0 Å². The Morgan fingerprint density at radius 2 is 2.08 bits per heavy atom. The molecule has 70 valence electrons. The summed E-state index contributed by atoms with van der Waals surface area (Å²) in [6.07, 6.45) is 0. The summed E-state index contributed by atoms with van der Waals surface area (Å²) in [5, 5.41) is -0.492. The van der Waals surface area contributed by atoms with Gasteiger partial charge in [0.2, 0.25) is 0 Å². The molecule has 0 saturated carbocycles. The normalized spacial score (nSPS) is 9.85. The third-order valence-electron chi connectivity index (χ3n) is 1.42. The second kappa shape index (κ2) is 4.79. The van der Waals surface area contributed by atoms with Crippen molar-refractivity contribution < 1.29 is 9.53 Å². The molecule has 0 aliphatic heterocycles. The molecule has 0 spiro atoms. The Morgan fingerprint density at radius 1 is 1.46 bits per heavy atom. The molecule has 0 N–H and O–H groups in total. The standard InChI is InChI=1S/C8H5ClI2O2/c1-13-7-5(8(9)12)2-4(10)3-6(7)11/h2-3H,1H3. The highest BCUT2D eigenvalue weighted by atomic mass is 127. The number of halogens is 3. The van der Waals surface area contributed by atoms with Crippen LogP contribution in [0.5, 0.6) is 5.75 Å². The zero-order chi connectivity index (χ0) is 10.0. The number of hydrogen-bond donors (Lipinski definition) is 0. The predicted octanol–water partition coefficient (Wildman–Crippen LogP) is 3.28. The number of ether oxygens (including phenoxy) is 1. The maximum absolute atomic E-state index is 11.0. The highest BCUT2D eigenvalue weighted by Gasteiger charge is 2.13. The van der Waals surface area contributed by atoms with Crippen LogP contribution < -0.4 is 4.74 Å². The van der Waals surface area contributed by atoms with Crippen molar-refractivity contribution in [2.45, 2.75) is 0 Å². The van der Waals surface area contributed by atoms with E-state index in [0.29, 0.717) is 11.3 Å². The van der Waals surface area contributed by atoms with Crippen LogP contribution in [0.3, 0.4) is 0 Å². The van der Waals surface area contributed by atoms with Gasteiger partial charge in [-0.3, -0.25) is 4.79 Å². The lowest BCUT2D eigenvalue weighted by molar-refractivity contribution is 0.107.